The molecular weight excluding hydrogens is 675 g/mol. The van der Waals surface area contributed by atoms with Crippen LogP contribution in [0.1, 0.15) is 105 Å². The maximum Gasteiger partial charge on any atom is 0.0726 e. The van der Waals surface area contributed by atoms with Crippen LogP contribution in [0.15, 0.2) is 146 Å². The highest BCUT2D eigenvalue weighted by Gasteiger charge is 2.52. The van der Waals surface area contributed by atoms with E-state index < -0.39 is 5.41 Å². The number of hydrogen-bond donors (Lipinski definition) is 0. The summed E-state index contributed by atoms with van der Waals surface area (Å²) in [6.07, 6.45) is 0. The average Bonchev–Trinajstić information content (AvgIpc) is 3.73. The van der Waals surface area contributed by atoms with Crippen molar-refractivity contribution in [2.45, 2.75) is 84.0 Å². The van der Waals surface area contributed by atoms with E-state index in [1.165, 1.54) is 101 Å². The van der Waals surface area contributed by atoms with Crippen LogP contribution in [0.4, 0.5) is 17.1 Å². The maximum atomic E-state index is 2.56. The molecule has 0 fully saturated rings. The number of fused-ring (bicyclic) bond motifs is 13. The van der Waals surface area contributed by atoms with Crippen molar-refractivity contribution < 1.29 is 0 Å². The molecule has 0 saturated heterocycles. The van der Waals surface area contributed by atoms with E-state index in [9.17, 15) is 0 Å². The van der Waals surface area contributed by atoms with Crippen molar-refractivity contribution in [2.24, 2.45) is 0 Å². The SMILES string of the molecule is Cc1ccccc1N(c1ccc2c(c1)C1(c3ccccc3-2)c2cc(C(C)(C)C)ccc2-c2ccc(C(C)(C)C)cc21)c1cccc2c1C(C)(C)c1ccccc1-2. The fourth-order valence-corrected chi connectivity index (χ4v) is 10.5. The molecule has 0 aromatic heterocycles. The van der Waals surface area contributed by atoms with Crippen LogP contribution in [0.3, 0.4) is 0 Å². The van der Waals surface area contributed by atoms with E-state index in [-0.39, 0.29) is 16.2 Å². The maximum absolute atomic E-state index is 2.56. The third-order valence-corrected chi connectivity index (χ3v) is 13.3. The summed E-state index contributed by atoms with van der Waals surface area (Å²) in [6.45, 7) is 21.1. The summed E-state index contributed by atoms with van der Waals surface area (Å²) in [5, 5.41) is 0. The van der Waals surface area contributed by atoms with E-state index in [0.29, 0.717) is 0 Å². The Balaban J connectivity index is 1.30. The van der Waals surface area contributed by atoms with Gasteiger partial charge in [-0.25, -0.2) is 0 Å². The summed E-state index contributed by atoms with van der Waals surface area (Å²) >= 11 is 0. The van der Waals surface area contributed by atoms with Crippen LogP contribution in [-0.4, -0.2) is 0 Å². The molecule has 0 radical (unpaired) electrons. The van der Waals surface area contributed by atoms with Crippen molar-refractivity contribution in [1.82, 2.24) is 0 Å². The number of nitrogens with zero attached hydrogens (tertiary/aromatic N) is 1. The van der Waals surface area contributed by atoms with E-state index >= 15 is 0 Å². The second-order valence-corrected chi connectivity index (χ2v) is 19.0. The van der Waals surface area contributed by atoms with Crippen LogP contribution >= 0.6 is 0 Å². The zero-order chi connectivity index (χ0) is 38.9. The summed E-state index contributed by atoms with van der Waals surface area (Å²) in [6, 6.07) is 56.1. The fourth-order valence-electron chi connectivity index (χ4n) is 10.5. The lowest BCUT2D eigenvalue weighted by Gasteiger charge is -2.35. The number of rotatable bonds is 3. The topological polar surface area (TPSA) is 3.24 Å². The molecule has 0 atom stereocenters. The van der Waals surface area contributed by atoms with E-state index in [2.05, 4.69) is 213 Å². The first-order chi connectivity index (χ1) is 26.7. The highest BCUT2D eigenvalue weighted by molar-refractivity contribution is 5.97. The van der Waals surface area contributed by atoms with Crippen LogP contribution in [0.2, 0.25) is 0 Å². The van der Waals surface area contributed by atoms with Gasteiger partial charge in [-0.1, -0.05) is 177 Å². The van der Waals surface area contributed by atoms with Crippen LogP contribution in [0, 0.1) is 6.92 Å². The molecule has 1 spiro atoms. The molecule has 0 unspecified atom stereocenters. The number of para-hydroxylation sites is 1. The van der Waals surface area contributed by atoms with Crippen molar-refractivity contribution in [2.75, 3.05) is 4.90 Å². The summed E-state index contributed by atoms with van der Waals surface area (Å²) in [7, 11) is 0. The van der Waals surface area contributed by atoms with Gasteiger partial charge in [-0.3, -0.25) is 0 Å². The predicted molar refractivity (Wildman–Crippen MR) is 237 cm³/mol. The molecule has 7 aromatic carbocycles. The first-order valence-corrected chi connectivity index (χ1v) is 20.4. The molecule has 1 heteroatoms. The third kappa shape index (κ3) is 4.67. The van der Waals surface area contributed by atoms with Gasteiger partial charge in [0.05, 0.1) is 11.1 Å². The molecule has 0 amide bonds. The van der Waals surface area contributed by atoms with Crippen molar-refractivity contribution in [3.8, 4) is 33.4 Å². The first-order valence-electron chi connectivity index (χ1n) is 20.4. The summed E-state index contributed by atoms with van der Waals surface area (Å²) in [4.78, 5) is 2.56. The zero-order valence-corrected chi connectivity index (χ0v) is 34.3. The molecule has 0 bridgehead atoms. The summed E-state index contributed by atoms with van der Waals surface area (Å²) in [5.41, 5.74) is 23.3. The number of aryl methyl sites for hydroxylation is 1. The lowest BCUT2D eigenvalue weighted by Crippen LogP contribution is -2.28. The third-order valence-electron chi connectivity index (χ3n) is 13.3. The molecule has 276 valence electrons. The molecule has 56 heavy (non-hydrogen) atoms. The summed E-state index contributed by atoms with van der Waals surface area (Å²) < 4.78 is 0. The lowest BCUT2D eigenvalue weighted by molar-refractivity contribution is 0.586. The monoisotopic (exact) mass is 725 g/mol. The minimum Gasteiger partial charge on any atom is -0.310 e. The van der Waals surface area contributed by atoms with Crippen LogP contribution in [0.25, 0.3) is 33.4 Å². The Labute approximate surface area is 333 Å². The van der Waals surface area contributed by atoms with Crippen LogP contribution in [0.5, 0.6) is 0 Å². The highest BCUT2D eigenvalue weighted by atomic mass is 15.1. The van der Waals surface area contributed by atoms with Gasteiger partial charge in [0.25, 0.3) is 0 Å². The molecule has 7 aromatic rings. The first kappa shape index (κ1) is 34.8. The molecule has 1 nitrogen and oxygen atoms in total. The molecular formula is C55H51N. The Hall–Kier alpha value is -5.66. The molecule has 0 aliphatic heterocycles. The Kier molecular flexibility index (Phi) is 7.26. The van der Waals surface area contributed by atoms with E-state index in [1.54, 1.807) is 0 Å². The quantitative estimate of drug-likeness (QED) is 0.175. The zero-order valence-electron chi connectivity index (χ0n) is 34.3. The molecule has 3 aliphatic carbocycles. The Bertz CT molecular complexity index is 2700. The smallest absolute Gasteiger partial charge is 0.0726 e. The Morgan fingerprint density at radius 2 is 0.875 bits per heavy atom. The van der Waals surface area contributed by atoms with Crippen molar-refractivity contribution >= 4 is 17.1 Å². The predicted octanol–water partition coefficient (Wildman–Crippen LogP) is 14.7. The highest BCUT2D eigenvalue weighted by Crippen LogP contribution is 2.64. The molecule has 0 N–H and O–H groups in total. The van der Waals surface area contributed by atoms with Gasteiger partial charge in [-0.05, 0) is 125 Å². The van der Waals surface area contributed by atoms with Crippen LogP contribution < -0.4 is 4.90 Å². The van der Waals surface area contributed by atoms with Crippen molar-refractivity contribution in [3.05, 3.63) is 196 Å². The van der Waals surface area contributed by atoms with Crippen molar-refractivity contribution in [1.29, 1.82) is 0 Å². The second kappa shape index (κ2) is 11.7. The van der Waals surface area contributed by atoms with Gasteiger partial charge < -0.3 is 4.90 Å². The van der Waals surface area contributed by atoms with Gasteiger partial charge in [0, 0.05) is 16.8 Å². The number of anilines is 3. The Morgan fingerprint density at radius 3 is 1.48 bits per heavy atom. The van der Waals surface area contributed by atoms with E-state index in [0.717, 1.165) is 0 Å². The molecule has 0 heterocycles. The van der Waals surface area contributed by atoms with Gasteiger partial charge in [0.15, 0.2) is 0 Å². The standard InChI is InChI=1S/C55H51N/c1-34-17-10-15-23-49(34)56(50-24-16-20-43-39-19-11-13-21-44(39)54(8,9)51(43)50)37-27-30-42-38-18-12-14-22-45(38)55(48(42)33-37)46-31-35(52(2,3)4)25-28-40(46)41-29-26-36(32-47(41)55)53(5,6)7/h10-33H,1-9H3. The lowest BCUT2D eigenvalue weighted by atomic mass is 9.68. The second-order valence-electron chi connectivity index (χ2n) is 19.0. The molecule has 10 rings (SSSR count). The fraction of sp³-hybridized carbons (Fsp3) is 0.236. The van der Waals surface area contributed by atoms with Gasteiger partial charge in [0.1, 0.15) is 0 Å². The Morgan fingerprint density at radius 1 is 0.411 bits per heavy atom. The van der Waals surface area contributed by atoms with Gasteiger partial charge in [-0.15, -0.1) is 0 Å². The number of benzene rings is 7. The minimum absolute atomic E-state index is 0.00404. The largest absolute Gasteiger partial charge is 0.310 e. The summed E-state index contributed by atoms with van der Waals surface area (Å²) in [5.74, 6) is 0. The van der Waals surface area contributed by atoms with E-state index in [1.807, 2.05) is 0 Å². The van der Waals surface area contributed by atoms with Gasteiger partial charge in [-0.2, -0.15) is 0 Å². The molecule has 3 aliphatic rings. The van der Waals surface area contributed by atoms with E-state index in [4.69, 9.17) is 0 Å². The van der Waals surface area contributed by atoms with Gasteiger partial charge >= 0.3 is 0 Å². The number of hydrogen-bond acceptors (Lipinski definition) is 1. The minimum atomic E-state index is -0.472. The normalized spacial score (nSPS) is 15.2. The van der Waals surface area contributed by atoms with Gasteiger partial charge in [0.2, 0.25) is 0 Å². The average molecular weight is 726 g/mol. The molecule has 0 saturated carbocycles. The van der Waals surface area contributed by atoms with Crippen LogP contribution in [-0.2, 0) is 21.7 Å². The van der Waals surface area contributed by atoms with Crippen molar-refractivity contribution in [3.63, 3.8) is 0 Å².